The first-order valence-corrected chi connectivity index (χ1v) is 8.20. The Bertz CT molecular complexity index is 801. The number of H-pyrrole nitrogens is 1. The molecule has 0 radical (unpaired) electrons. The number of halogens is 1. The van der Waals surface area contributed by atoms with E-state index in [2.05, 4.69) is 4.98 Å². The van der Waals surface area contributed by atoms with Crippen LogP contribution >= 0.6 is 0 Å². The van der Waals surface area contributed by atoms with Crippen LogP contribution in [0, 0.1) is 19.7 Å². The second-order valence-corrected chi connectivity index (χ2v) is 6.04. The van der Waals surface area contributed by atoms with Crippen molar-refractivity contribution >= 4 is 11.9 Å². The van der Waals surface area contributed by atoms with Crippen LogP contribution in [0.25, 0.3) is 0 Å². The fraction of sp³-hybridized carbons (Fsp3) is 0.368. The molecule has 0 aliphatic heterocycles. The van der Waals surface area contributed by atoms with E-state index in [1.54, 1.807) is 33.0 Å². The molecule has 1 aromatic heterocycles. The number of aryl methyl sites for hydroxylation is 1. The largest absolute Gasteiger partial charge is 0.460 e. The maximum absolute atomic E-state index is 13.3. The predicted molar refractivity (Wildman–Crippen MR) is 94.6 cm³/mol. The zero-order chi connectivity index (χ0) is 19.3. The van der Waals surface area contributed by atoms with E-state index >= 15 is 0 Å². The number of nitrogens with zero attached hydrogens (tertiary/aromatic N) is 1. The third kappa shape index (κ3) is 4.49. The monoisotopic (exact) mass is 362 g/mol. The fourth-order valence-electron chi connectivity index (χ4n) is 2.73. The van der Waals surface area contributed by atoms with Crippen LogP contribution in [0.2, 0.25) is 0 Å². The lowest BCUT2D eigenvalue weighted by Gasteiger charge is -2.17. The molecule has 0 spiro atoms. The van der Waals surface area contributed by atoms with Crippen molar-refractivity contribution in [2.45, 2.75) is 20.4 Å². The highest BCUT2D eigenvalue weighted by Gasteiger charge is 2.24. The van der Waals surface area contributed by atoms with E-state index in [-0.39, 0.29) is 24.9 Å². The Morgan fingerprint density at radius 1 is 1.23 bits per heavy atom. The second-order valence-electron chi connectivity index (χ2n) is 6.04. The Labute approximate surface area is 151 Å². The number of hydrogen-bond donors (Lipinski definition) is 1. The summed E-state index contributed by atoms with van der Waals surface area (Å²) in [5.41, 5.74) is 2.44. The van der Waals surface area contributed by atoms with Crippen molar-refractivity contribution in [3.63, 3.8) is 0 Å². The molecule has 2 aromatic rings. The molecule has 6 nitrogen and oxygen atoms in total. The summed E-state index contributed by atoms with van der Waals surface area (Å²) >= 11 is 0. The van der Waals surface area contributed by atoms with Crippen molar-refractivity contribution in [3.8, 4) is 0 Å². The van der Waals surface area contributed by atoms with Crippen molar-refractivity contribution in [1.29, 1.82) is 0 Å². The normalized spacial score (nSPS) is 10.7. The first-order valence-electron chi connectivity index (χ1n) is 8.20. The third-order valence-electron chi connectivity index (χ3n) is 4.03. The number of carbonyl (C=O) groups is 2. The van der Waals surface area contributed by atoms with Gasteiger partial charge in [0.1, 0.15) is 18.1 Å². The summed E-state index contributed by atoms with van der Waals surface area (Å²) in [7, 11) is 3.14. The van der Waals surface area contributed by atoms with Crippen molar-refractivity contribution in [2.24, 2.45) is 0 Å². The minimum atomic E-state index is -0.500. The molecule has 0 aliphatic rings. The standard InChI is InChI=1S/C19H23FN2O4/c1-12-16(19(24)26-9-8-25-4)13(2)21-17(12)18(23)22(3)11-14-6-5-7-15(20)10-14/h5-7,10,21H,8-9,11H2,1-4H3. The van der Waals surface area contributed by atoms with Gasteiger partial charge in [-0.05, 0) is 37.1 Å². The summed E-state index contributed by atoms with van der Waals surface area (Å²) in [6, 6.07) is 6.08. The predicted octanol–water partition coefficient (Wildman–Crippen LogP) is 2.85. The van der Waals surface area contributed by atoms with Crippen molar-refractivity contribution in [1.82, 2.24) is 9.88 Å². The van der Waals surface area contributed by atoms with Crippen LogP contribution in [0.3, 0.4) is 0 Å². The summed E-state index contributed by atoms with van der Waals surface area (Å²) in [6.45, 7) is 4.10. The van der Waals surface area contributed by atoms with Gasteiger partial charge in [-0.2, -0.15) is 0 Å². The number of methoxy groups -OCH3 is 1. The topological polar surface area (TPSA) is 71.6 Å². The first-order chi connectivity index (χ1) is 12.3. The summed E-state index contributed by atoms with van der Waals surface area (Å²) in [5.74, 6) is -1.14. The molecule has 0 saturated heterocycles. The maximum atomic E-state index is 13.3. The molecule has 0 unspecified atom stereocenters. The van der Waals surface area contributed by atoms with Crippen molar-refractivity contribution in [3.05, 3.63) is 58.2 Å². The number of carbonyl (C=O) groups excluding carboxylic acids is 2. The molecule has 0 saturated carbocycles. The number of aromatic amines is 1. The molecule has 1 heterocycles. The smallest absolute Gasteiger partial charge is 0.340 e. The Morgan fingerprint density at radius 3 is 2.62 bits per heavy atom. The van der Waals surface area contributed by atoms with Gasteiger partial charge < -0.3 is 19.4 Å². The number of hydrogen-bond acceptors (Lipinski definition) is 4. The first kappa shape index (κ1) is 19.7. The molecule has 0 atom stereocenters. The second kappa shape index (κ2) is 8.62. The van der Waals surface area contributed by atoms with E-state index in [1.807, 2.05) is 0 Å². The minimum Gasteiger partial charge on any atom is -0.460 e. The molecule has 0 bridgehead atoms. The van der Waals surface area contributed by atoms with Crippen LogP contribution in [-0.4, -0.2) is 49.1 Å². The molecule has 0 fully saturated rings. The van der Waals surface area contributed by atoms with E-state index in [0.29, 0.717) is 34.7 Å². The number of rotatable bonds is 7. The molecule has 2 rings (SSSR count). The number of nitrogens with one attached hydrogen (secondary N) is 1. The van der Waals surface area contributed by atoms with Gasteiger partial charge >= 0.3 is 5.97 Å². The number of benzene rings is 1. The lowest BCUT2D eigenvalue weighted by atomic mass is 10.1. The van der Waals surface area contributed by atoms with Gasteiger partial charge in [0, 0.05) is 26.4 Å². The molecule has 1 amide bonds. The number of esters is 1. The van der Waals surface area contributed by atoms with Crippen LogP contribution in [0.1, 0.15) is 37.7 Å². The van der Waals surface area contributed by atoms with Crippen LogP contribution < -0.4 is 0 Å². The van der Waals surface area contributed by atoms with E-state index < -0.39 is 5.97 Å². The lowest BCUT2D eigenvalue weighted by molar-refractivity contribution is 0.0387. The molecule has 1 aromatic carbocycles. The van der Waals surface area contributed by atoms with Crippen LogP contribution in [0.15, 0.2) is 24.3 Å². The zero-order valence-electron chi connectivity index (χ0n) is 15.4. The van der Waals surface area contributed by atoms with Gasteiger partial charge in [-0.1, -0.05) is 12.1 Å². The Balaban J connectivity index is 2.16. The van der Waals surface area contributed by atoms with Gasteiger partial charge in [-0.25, -0.2) is 9.18 Å². The number of aromatic nitrogens is 1. The molecular formula is C19H23FN2O4. The summed E-state index contributed by atoms with van der Waals surface area (Å²) < 4.78 is 23.3. The Morgan fingerprint density at radius 2 is 1.96 bits per heavy atom. The average Bonchev–Trinajstić information content (AvgIpc) is 2.88. The quantitative estimate of drug-likeness (QED) is 0.607. The summed E-state index contributed by atoms with van der Waals surface area (Å²) in [5, 5.41) is 0. The Kier molecular flexibility index (Phi) is 6.52. The maximum Gasteiger partial charge on any atom is 0.340 e. The average molecular weight is 362 g/mol. The third-order valence-corrected chi connectivity index (χ3v) is 4.03. The molecule has 1 N–H and O–H groups in total. The van der Waals surface area contributed by atoms with Gasteiger partial charge in [0.2, 0.25) is 0 Å². The van der Waals surface area contributed by atoms with Crippen LogP contribution in [-0.2, 0) is 16.0 Å². The van der Waals surface area contributed by atoms with Gasteiger partial charge in [0.05, 0.1) is 12.2 Å². The molecule has 7 heteroatoms. The van der Waals surface area contributed by atoms with E-state index in [9.17, 15) is 14.0 Å². The summed E-state index contributed by atoms with van der Waals surface area (Å²) in [6.07, 6.45) is 0. The summed E-state index contributed by atoms with van der Waals surface area (Å²) in [4.78, 5) is 29.4. The van der Waals surface area contributed by atoms with Crippen molar-refractivity contribution < 1.29 is 23.5 Å². The SMILES string of the molecule is COCCOC(=O)c1c(C)[nH]c(C(=O)N(C)Cc2cccc(F)c2)c1C. The minimum absolute atomic E-state index is 0.141. The number of ether oxygens (including phenoxy) is 2. The molecule has 140 valence electrons. The molecular weight excluding hydrogens is 339 g/mol. The molecule has 0 aliphatic carbocycles. The fourth-order valence-corrected chi connectivity index (χ4v) is 2.73. The van der Waals surface area contributed by atoms with Gasteiger partial charge in [0.15, 0.2) is 0 Å². The van der Waals surface area contributed by atoms with Crippen LogP contribution in [0.4, 0.5) is 4.39 Å². The highest BCUT2D eigenvalue weighted by molar-refractivity contribution is 6.00. The van der Waals surface area contributed by atoms with E-state index in [1.165, 1.54) is 24.1 Å². The number of amides is 1. The van der Waals surface area contributed by atoms with E-state index in [0.717, 1.165) is 0 Å². The Hall–Kier alpha value is -2.67. The highest BCUT2D eigenvalue weighted by Crippen LogP contribution is 2.21. The van der Waals surface area contributed by atoms with Crippen LogP contribution in [0.5, 0.6) is 0 Å². The lowest BCUT2D eigenvalue weighted by Crippen LogP contribution is -2.27. The van der Waals surface area contributed by atoms with E-state index in [4.69, 9.17) is 9.47 Å². The van der Waals surface area contributed by atoms with Crippen molar-refractivity contribution in [2.75, 3.05) is 27.4 Å². The van der Waals surface area contributed by atoms with Gasteiger partial charge in [-0.15, -0.1) is 0 Å². The van der Waals surface area contributed by atoms with Gasteiger partial charge in [0.25, 0.3) is 5.91 Å². The zero-order valence-corrected chi connectivity index (χ0v) is 15.4. The van der Waals surface area contributed by atoms with Gasteiger partial charge in [-0.3, -0.25) is 4.79 Å². The highest BCUT2D eigenvalue weighted by atomic mass is 19.1. The molecule has 26 heavy (non-hydrogen) atoms.